The summed E-state index contributed by atoms with van der Waals surface area (Å²) in [5.74, 6) is -0.796. The smallest absolute Gasteiger partial charge is 0.329 e. The highest BCUT2D eigenvalue weighted by Gasteiger charge is 2.42. The van der Waals surface area contributed by atoms with E-state index in [0.29, 0.717) is 25.9 Å². The molecule has 0 bridgehead atoms. The Balaban J connectivity index is 1.66. The monoisotopic (exact) mass is 283 g/mol. The Labute approximate surface area is 117 Å². The van der Waals surface area contributed by atoms with Crippen molar-refractivity contribution in [3.63, 3.8) is 0 Å². The fourth-order valence-corrected chi connectivity index (χ4v) is 2.48. The standard InChI is InChI=1S/C13H21N3O4/c17-10(9-3-4-9)14-7-8-15-12(20)16-13(11(18)19)5-1-2-6-13/h9H,1-8H2,(H,14,17)(H,18,19)(H2,15,16,20). The molecule has 20 heavy (non-hydrogen) atoms. The normalized spacial score (nSPS) is 20.2. The Bertz CT molecular complexity index is 400. The minimum atomic E-state index is -1.12. The summed E-state index contributed by atoms with van der Waals surface area (Å²) in [5, 5.41) is 17.1. The number of amides is 3. The molecule has 0 aromatic carbocycles. The third-order valence-electron chi connectivity index (χ3n) is 3.88. The molecule has 2 fully saturated rings. The first kappa shape index (κ1) is 14.6. The number of carbonyl (C=O) groups is 3. The van der Waals surface area contributed by atoms with Gasteiger partial charge in [-0.2, -0.15) is 0 Å². The highest BCUT2D eigenvalue weighted by molar-refractivity contribution is 5.86. The Morgan fingerprint density at radius 3 is 2.20 bits per heavy atom. The minimum absolute atomic E-state index is 0.0324. The van der Waals surface area contributed by atoms with Crippen LogP contribution in [0.25, 0.3) is 0 Å². The molecule has 0 aromatic rings. The van der Waals surface area contributed by atoms with Crippen LogP contribution in [-0.4, -0.2) is 41.6 Å². The molecule has 2 rings (SSSR count). The predicted molar refractivity (Wildman–Crippen MR) is 71.1 cm³/mol. The third kappa shape index (κ3) is 3.61. The van der Waals surface area contributed by atoms with Gasteiger partial charge in [-0.1, -0.05) is 12.8 Å². The summed E-state index contributed by atoms with van der Waals surface area (Å²) in [6.45, 7) is 0.656. The summed E-state index contributed by atoms with van der Waals surface area (Å²) in [7, 11) is 0. The van der Waals surface area contributed by atoms with E-state index >= 15 is 0 Å². The maximum atomic E-state index is 11.7. The molecule has 112 valence electrons. The van der Waals surface area contributed by atoms with E-state index in [4.69, 9.17) is 0 Å². The van der Waals surface area contributed by atoms with E-state index in [1.165, 1.54) is 0 Å². The number of rotatable bonds is 6. The Morgan fingerprint density at radius 1 is 1.05 bits per heavy atom. The van der Waals surface area contributed by atoms with Crippen LogP contribution in [-0.2, 0) is 9.59 Å². The maximum absolute atomic E-state index is 11.7. The minimum Gasteiger partial charge on any atom is -0.480 e. The van der Waals surface area contributed by atoms with Crippen molar-refractivity contribution in [2.75, 3.05) is 13.1 Å². The highest BCUT2D eigenvalue weighted by Crippen LogP contribution is 2.30. The molecule has 2 aliphatic rings. The van der Waals surface area contributed by atoms with Crippen molar-refractivity contribution in [3.05, 3.63) is 0 Å². The molecule has 0 spiro atoms. The molecule has 0 unspecified atom stereocenters. The van der Waals surface area contributed by atoms with Gasteiger partial charge >= 0.3 is 12.0 Å². The van der Waals surface area contributed by atoms with Gasteiger partial charge in [0.1, 0.15) is 5.54 Å². The third-order valence-corrected chi connectivity index (χ3v) is 3.88. The van der Waals surface area contributed by atoms with Gasteiger partial charge in [0.15, 0.2) is 0 Å². The Morgan fingerprint density at radius 2 is 1.65 bits per heavy atom. The summed E-state index contributed by atoms with van der Waals surface area (Å²) < 4.78 is 0. The topological polar surface area (TPSA) is 108 Å². The second-order valence-electron chi connectivity index (χ2n) is 5.54. The van der Waals surface area contributed by atoms with Crippen molar-refractivity contribution >= 4 is 17.9 Å². The second kappa shape index (κ2) is 6.11. The summed E-state index contributed by atoms with van der Waals surface area (Å²) in [6.07, 6.45) is 4.44. The molecule has 0 atom stereocenters. The lowest BCUT2D eigenvalue weighted by atomic mass is 9.98. The van der Waals surface area contributed by atoms with Gasteiger partial charge < -0.3 is 21.1 Å². The van der Waals surface area contributed by atoms with Gasteiger partial charge in [-0.15, -0.1) is 0 Å². The average Bonchev–Trinajstić information content (AvgIpc) is 3.15. The van der Waals surface area contributed by atoms with Crippen LogP contribution in [0.15, 0.2) is 0 Å². The van der Waals surface area contributed by atoms with Crippen LogP contribution in [0, 0.1) is 5.92 Å². The fraction of sp³-hybridized carbons (Fsp3) is 0.769. The highest BCUT2D eigenvalue weighted by atomic mass is 16.4. The van der Waals surface area contributed by atoms with Crippen LogP contribution in [0.3, 0.4) is 0 Å². The summed E-state index contributed by atoms with van der Waals surface area (Å²) >= 11 is 0. The van der Waals surface area contributed by atoms with Crippen LogP contribution < -0.4 is 16.0 Å². The van der Waals surface area contributed by atoms with Gasteiger partial charge in [-0.3, -0.25) is 4.79 Å². The van der Waals surface area contributed by atoms with Crippen molar-refractivity contribution in [1.82, 2.24) is 16.0 Å². The zero-order valence-corrected chi connectivity index (χ0v) is 11.4. The lowest BCUT2D eigenvalue weighted by molar-refractivity contribution is -0.144. The largest absolute Gasteiger partial charge is 0.480 e. The average molecular weight is 283 g/mol. The summed E-state index contributed by atoms with van der Waals surface area (Å²) in [4.78, 5) is 34.3. The van der Waals surface area contributed by atoms with Gasteiger partial charge in [0.2, 0.25) is 5.91 Å². The summed E-state index contributed by atoms with van der Waals surface area (Å²) in [6, 6.07) is -0.491. The van der Waals surface area contributed by atoms with Crippen LogP contribution in [0.5, 0.6) is 0 Å². The van der Waals surface area contributed by atoms with Crippen LogP contribution in [0.1, 0.15) is 38.5 Å². The number of carboxylic acid groups (broad SMARTS) is 1. The molecule has 0 radical (unpaired) electrons. The molecule has 7 nitrogen and oxygen atoms in total. The quantitative estimate of drug-likeness (QED) is 0.523. The lowest BCUT2D eigenvalue weighted by Crippen LogP contribution is -2.56. The van der Waals surface area contributed by atoms with E-state index in [-0.39, 0.29) is 11.8 Å². The molecular formula is C13H21N3O4. The van der Waals surface area contributed by atoms with E-state index in [2.05, 4.69) is 16.0 Å². The maximum Gasteiger partial charge on any atom is 0.329 e. The van der Waals surface area contributed by atoms with Crippen LogP contribution in [0.4, 0.5) is 4.79 Å². The molecule has 4 N–H and O–H groups in total. The number of aliphatic carboxylic acids is 1. The molecule has 3 amide bonds. The van der Waals surface area contributed by atoms with Crippen LogP contribution >= 0.6 is 0 Å². The van der Waals surface area contributed by atoms with Gasteiger partial charge in [0.25, 0.3) is 0 Å². The number of hydrogen-bond donors (Lipinski definition) is 4. The van der Waals surface area contributed by atoms with Crippen molar-refractivity contribution in [1.29, 1.82) is 0 Å². The first-order chi connectivity index (χ1) is 9.53. The zero-order valence-electron chi connectivity index (χ0n) is 11.4. The molecule has 7 heteroatoms. The van der Waals surface area contributed by atoms with Crippen molar-refractivity contribution in [2.45, 2.75) is 44.1 Å². The number of urea groups is 1. The summed E-state index contributed by atoms with van der Waals surface area (Å²) in [5.41, 5.74) is -1.12. The van der Waals surface area contributed by atoms with Gasteiger partial charge in [0, 0.05) is 19.0 Å². The first-order valence-corrected chi connectivity index (χ1v) is 7.11. The van der Waals surface area contributed by atoms with Crippen molar-refractivity contribution < 1.29 is 19.5 Å². The van der Waals surface area contributed by atoms with Gasteiger partial charge in [0.05, 0.1) is 0 Å². The zero-order chi connectivity index (χ0) is 14.6. The molecule has 2 aliphatic carbocycles. The van der Waals surface area contributed by atoms with Gasteiger partial charge in [-0.25, -0.2) is 9.59 Å². The Hall–Kier alpha value is -1.79. The molecule has 0 saturated heterocycles. The lowest BCUT2D eigenvalue weighted by Gasteiger charge is -2.25. The van der Waals surface area contributed by atoms with Crippen molar-refractivity contribution in [3.8, 4) is 0 Å². The predicted octanol–water partition coefficient (Wildman–Crippen LogP) is 0.209. The first-order valence-electron chi connectivity index (χ1n) is 7.11. The number of carbonyl (C=O) groups excluding carboxylic acids is 2. The van der Waals surface area contributed by atoms with E-state index in [1.54, 1.807) is 0 Å². The number of carboxylic acids is 1. The fourth-order valence-electron chi connectivity index (χ4n) is 2.48. The SMILES string of the molecule is O=C(NCCNC(=O)C1CC1)NC1(C(=O)O)CCCC1. The molecule has 2 saturated carbocycles. The van der Waals surface area contributed by atoms with Gasteiger partial charge in [-0.05, 0) is 25.7 Å². The van der Waals surface area contributed by atoms with E-state index in [9.17, 15) is 19.5 Å². The Kier molecular flexibility index (Phi) is 4.46. The van der Waals surface area contributed by atoms with E-state index < -0.39 is 17.5 Å². The van der Waals surface area contributed by atoms with E-state index in [0.717, 1.165) is 25.7 Å². The molecule has 0 aliphatic heterocycles. The molecule has 0 heterocycles. The number of nitrogens with one attached hydrogen (secondary N) is 3. The van der Waals surface area contributed by atoms with Crippen LogP contribution in [0.2, 0.25) is 0 Å². The number of hydrogen-bond acceptors (Lipinski definition) is 3. The van der Waals surface area contributed by atoms with Crippen molar-refractivity contribution in [2.24, 2.45) is 5.92 Å². The van der Waals surface area contributed by atoms with E-state index in [1.807, 2.05) is 0 Å². The second-order valence-corrected chi connectivity index (χ2v) is 5.54. The molecular weight excluding hydrogens is 262 g/mol. The molecule has 0 aromatic heterocycles.